The van der Waals surface area contributed by atoms with Gasteiger partial charge >= 0.3 is 0 Å². The Balaban J connectivity index is 1.51. The minimum atomic E-state index is -0.402. The molecule has 8 heteroatoms. The van der Waals surface area contributed by atoms with E-state index >= 15 is 0 Å². The first-order chi connectivity index (χ1) is 17.2. The van der Waals surface area contributed by atoms with Gasteiger partial charge in [-0.05, 0) is 70.9 Å². The number of rotatable bonds is 7. The van der Waals surface area contributed by atoms with Gasteiger partial charge in [0.15, 0.2) is 11.5 Å². The Hall–Kier alpha value is -3.55. The smallest absolute Gasteiger partial charge is 0.246 e. The fraction of sp³-hybridized carbons (Fsp3) is 0.464. The minimum Gasteiger partial charge on any atom is -0.493 e. The summed E-state index contributed by atoms with van der Waals surface area (Å²) in [5, 5.41) is 4.15. The zero-order chi connectivity index (χ0) is 25.9. The first-order valence-corrected chi connectivity index (χ1v) is 12.4. The molecule has 0 saturated carbocycles. The second-order valence-corrected chi connectivity index (χ2v) is 10.3. The molecular formula is C28H36N4O4. The summed E-state index contributed by atoms with van der Waals surface area (Å²) in [4.78, 5) is 22.6. The normalized spacial score (nSPS) is 16.1. The van der Waals surface area contributed by atoms with Crippen LogP contribution >= 0.6 is 0 Å². The second-order valence-electron chi connectivity index (χ2n) is 10.3. The molecule has 0 N–H and O–H groups in total. The van der Waals surface area contributed by atoms with E-state index in [-0.39, 0.29) is 18.4 Å². The van der Waals surface area contributed by atoms with Crippen LogP contribution in [-0.4, -0.2) is 53.8 Å². The molecule has 8 nitrogen and oxygen atoms in total. The molecule has 1 amide bonds. The maximum Gasteiger partial charge on any atom is 0.246 e. The molecule has 0 radical (unpaired) electrons. The van der Waals surface area contributed by atoms with Crippen LogP contribution in [0, 0.1) is 12.8 Å². The Labute approximate surface area is 213 Å². The lowest BCUT2D eigenvalue weighted by molar-refractivity contribution is -0.142. The first-order valence-electron chi connectivity index (χ1n) is 12.4. The van der Waals surface area contributed by atoms with Gasteiger partial charge in [0.25, 0.3) is 0 Å². The summed E-state index contributed by atoms with van der Waals surface area (Å²) in [6.45, 7) is 10.1. The summed E-state index contributed by atoms with van der Waals surface area (Å²) < 4.78 is 16.3. The SMILES string of the molecule is COc1ccc(-c2noc(CN(C(=O)[C@H]3CCCN(c4ccc(C)cc4)C3)C(C)(C)C)n2)cc1OC. The van der Waals surface area contributed by atoms with Crippen LogP contribution in [0.25, 0.3) is 11.4 Å². The first kappa shape index (κ1) is 25.5. The molecule has 2 heterocycles. The van der Waals surface area contributed by atoms with Crippen molar-refractivity contribution in [2.24, 2.45) is 5.92 Å². The molecule has 2 aromatic carbocycles. The van der Waals surface area contributed by atoms with Crippen molar-refractivity contribution in [3.63, 3.8) is 0 Å². The van der Waals surface area contributed by atoms with Crippen LogP contribution in [0.3, 0.4) is 0 Å². The molecule has 1 aliphatic heterocycles. The van der Waals surface area contributed by atoms with Gasteiger partial charge in [0.1, 0.15) is 6.54 Å². The van der Waals surface area contributed by atoms with Crippen LogP contribution < -0.4 is 14.4 Å². The number of hydrogen-bond donors (Lipinski definition) is 0. The average Bonchev–Trinajstić information content (AvgIpc) is 3.35. The van der Waals surface area contributed by atoms with Crippen LogP contribution in [0.1, 0.15) is 45.1 Å². The zero-order valence-electron chi connectivity index (χ0n) is 22.1. The number of hydrogen-bond acceptors (Lipinski definition) is 7. The lowest BCUT2D eigenvalue weighted by atomic mass is 9.93. The molecule has 1 saturated heterocycles. The molecule has 36 heavy (non-hydrogen) atoms. The summed E-state index contributed by atoms with van der Waals surface area (Å²) in [5.74, 6) is 2.08. The number of carbonyl (C=O) groups excluding carboxylic acids is 1. The lowest BCUT2D eigenvalue weighted by Gasteiger charge is -2.40. The second kappa shape index (κ2) is 10.6. The van der Waals surface area contributed by atoms with Crippen molar-refractivity contribution >= 4 is 11.6 Å². The van der Waals surface area contributed by atoms with Gasteiger partial charge in [0, 0.05) is 29.9 Å². The van der Waals surface area contributed by atoms with Gasteiger partial charge in [-0.15, -0.1) is 0 Å². The van der Waals surface area contributed by atoms with E-state index in [1.54, 1.807) is 20.3 Å². The standard InChI is InChI=1S/C28H36N4O4/c1-19-9-12-22(13-10-19)31-15-7-8-21(17-31)27(33)32(28(2,3)4)18-25-29-26(30-36-25)20-11-14-23(34-5)24(16-20)35-6/h9-14,16,21H,7-8,15,17-18H2,1-6H3/t21-/m0/s1. The lowest BCUT2D eigenvalue weighted by Crippen LogP contribution is -2.51. The van der Waals surface area contributed by atoms with Gasteiger partial charge in [0.05, 0.1) is 20.1 Å². The van der Waals surface area contributed by atoms with E-state index in [0.29, 0.717) is 29.8 Å². The molecule has 1 aliphatic rings. The van der Waals surface area contributed by atoms with Crippen LogP contribution in [0.5, 0.6) is 11.5 Å². The number of ether oxygens (including phenoxy) is 2. The Bertz CT molecular complexity index is 1180. The molecule has 1 aromatic heterocycles. The predicted octanol–water partition coefficient (Wildman–Crippen LogP) is 5.11. The number of nitrogens with zero attached hydrogens (tertiary/aromatic N) is 4. The van der Waals surface area contributed by atoms with Crippen LogP contribution in [0.2, 0.25) is 0 Å². The van der Waals surface area contributed by atoms with Crippen molar-refractivity contribution in [1.82, 2.24) is 15.0 Å². The highest BCUT2D eigenvalue weighted by Crippen LogP contribution is 2.32. The molecule has 4 rings (SSSR count). The summed E-state index contributed by atoms with van der Waals surface area (Å²) >= 11 is 0. The van der Waals surface area contributed by atoms with Crippen LogP contribution in [-0.2, 0) is 11.3 Å². The van der Waals surface area contributed by atoms with Gasteiger partial charge in [0.2, 0.25) is 17.6 Å². The molecule has 1 fully saturated rings. The molecule has 1 atom stereocenters. The third kappa shape index (κ3) is 5.64. The fourth-order valence-corrected chi connectivity index (χ4v) is 4.58. The Morgan fingerprint density at radius 1 is 1.11 bits per heavy atom. The third-order valence-electron chi connectivity index (χ3n) is 6.65. The monoisotopic (exact) mass is 492 g/mol. The van der Waals surface area contributed by atoms with E-state index in [0.717, 1.165) is 30.6 Å². The molecule has 0 aliphatic carbocycles. The van der Waals surface area contributed by atoms with Crippen LogP contribution in [0.15, 0.2) is 47.0 Å². The Kier molecular flexibility index (Phi) is 7.52. The van der Waals surface area contributed by atoms with Crippen LogP contribution in [0.4, 0.5) is 5.69 Å². The van der Waals surface area contributed by atoms with Crippen molar-refractivity contribution in [2.45, 2.75) is 52.6 Å². The number of carbonyl (C=O) groups is 1. The van der Waals surface area contributed by atoms with Gasteiger partial charge in [-0.1, -0.05) is 22.9 Å². The van der Waals surface area contributed by atoms with Crippen molar-refractivity contribution in [1.29, 1.82) is 0 Å². The number of anilines is 1. The molecule has 3 aromatic rings. The summed E-state index contributed by atoms with van der Waals surface area (Å²) in [7, 11) is 3.18. The Morgan fingerprint density at radius 2 is 1.83 bits per heavy atom. The molecule has 0 bridgehead atoms. The van der Waals surface area contributed by atoms with E-state index in [1.807, 2.05) is 37.8 Å². The molecular weight excluding hydrogens is 456 g/mol. The quantitative estimate of drug-likeness (QED) is 0.454. The van der Waals surface area contributed by atoms with Crippen molar-refractivity contribution in [3.8, 4) is 22.9 Å². The number of benzene rings is 2. The van der Waals surface area contributed by atoms with Crippen molar-refractivity contribution < 1.29 is 18.8 Å². The molecule has 0 unspecified atom stereocenters. The predicted molar refractivity (Wildman–Crippen MR) is 139 cm³/mol. The largest absolute Gasteiger partial charge is 0.493 e. The van der Waals surface area contributed by atoms with E-state index < -0.39 is 5.54 Å². The van der Waals surface area contributed by atoms with Gasteiger partial charge in [-0.25, -0.2) is 0 Å². The highest BCUT2D eigenvalue weighted by atomic mass is 16.5. The Morgan fingerprint density at radius 3 is 2.50 bits per heavy atom. The van der Waals surface area contributed by atoms with Gasteiger partial charge in [-0.3, -0.25) is 4.79 Å². The van der Waals surface area contributed by atoms with E-state index in [1.165, 1.54) is 5.56 Å². The fourth-order valence-electron chi connectivity index (χ4n) is 4.58. The van der Waals surface area contributed by atoms with Gasteiger partial charge in [-0.2, -0.15) is 4.98 Å². The topological polar surface area (TPSA) is 80.9 Å². The molecule has 192 valence electrons. The highest BCUT2D eigenvalue weighted by Gasteiger charge is 2.35. The number of methoxy groups -OCH3 is 2. The van der Waals surface area contributed by atoms with Crippen molar-refractivity contribution in [2.75, 3.05) is 32.2 Å². The van der Waals surface area contributed by atoms with Gasteiger partial charge < -0.3 is 23.8 Å². The maximum atomic E-state index is 13.8. The van der Waals surface area contributed by atoms with E-state index in [9.17, 15) is 4.79 Å². The zero-order valence-corrected chi connectivity index (χ0v) is 22.1. The number of amides is 1. The summed E-state index contributed by atoms with van der Waals surface area (Å²) in [6.07, 6.45) is 1.85. The molecule has 0 spiro atoms. The third-order valence-corrected chi connectivity index (χ3v) is 6.65. The average molecular weight is 493 g/mol. The maximum absolute atomic E-state index is 13.8. The van der Waals surface area contributed by atoms with E-state index in [4.69, 9.17) is 14.0 Å². The number of piperidine rings is 1. The number of aryl methyl sites for hydroxylation is 1. The highest BCUT2D eigenvalue weighted by molar-refractivity contribution is 5.80. The van der Waals surface area contributed by atoms with E-state index in [2.05, 4.69) is 46.2 Å². The summed E-state index contributed by atoms with van der Waals surface area (Å²) in [6, 6.07) is 14.0. The minimum absolute atomic E-state index is 0.0903. The summed E-state index contributed by atoms with van der Waals surface area (Å²) in [5.41, 5.74) is 2.74. The number of aromatic nitrogens is 2. The van der Waals surface area contributed by atoms with Crippen molar-refractivity contribution in [3.05, 3.63) is 53.9 Å².